The third-order valence-corrected chi connectivity index (χ3v) is 3.67. The molecule has 0 radical (unpaired) electrons. The number of para-hydroxylation sites is 1. The minimum atomic E-state index is -0.976. The summed E-state index contributed by atoms with van der Waals surface area (Å²) < 4.78 is 9.94. The van der Waals surface area contributed by atoms with E-state index in [1.165, 1.54) is 0 Å². The first kappa shape index (κ1) is 21.1. The van der Waals surface area contributed by atoms with Crippen LogP contribution in [0, 0.1) is 0 Å². The van der Waals surface area contributed by atoms with Gasteiger partial charge in [-0.2, -0.15) is 0 Å². The molecule has 0 saturated heterocycles. The van der Waals surface area contributed by atoms with Crippen molar-refractivity contribution in [1.29, 1.82) is 0 Å². The first-order valence-corrected chi connectivity index (χ1v) is 8.96. The highest BCUT2D eigenvalue weighted by Crippen LogP contribution is 2.19. The monoisotopic (exact) mass is 390 g/mol. The molecule has 2 rings (SSSR count). The Labute approximate surface area is 163 Å². The zero-order valence-corrected chi connectivity index (χ0v) is 16.4. The number of hydrogen-bond donors (Lipinski definition) is 4. The van der Waals surface area contributed by atoms with E-state index >= 15 is 0 Å². The maximum atomic E-state index is 12.6. The molecule has 0 aliphatic heterocycles. The number of hydrazine groups is 1. The molecule has 0 aliphatic carbocycles. The van der Waals surface area contributed by atoms with E-state index in [4.69, 9.17) is 9.47 Å². The Bertz CT molecular complexity index is 840. The molecule has 0 saturated carbocycles. The van der Waals surface area contributed by atoms with E-state index in [0.717, 1.165) is 16.5 Å². The van der Waals surface area contributed by atoms with E-state index in [0.29, 0.717) is 0 Å². The second kappa shape index (κ2) is 9.12. The normalized spacial score (nSPS) is 12.1. The Balaban J connectivity index is 2.14. The number of aromatic nitrogens is 1. The molecule has 0 aliphatic rings. The van der Waals surface area contributed by atoms with Crippen LogP contribution < -0.4 is 16.2 Å². The van der Waals surface area contributed by atoms with E-state index < -0.39 is 29.7 Å². The van der Waals surface area contributed by atoms with Crippen molar-refractivity contribution in [3.63, 3.8) is 0 Å². The van der Waals surface area contributed by atoms with Crippen LogP contribution in [0.3, 0.4) is 0 Å². The zero-order valence-electron chi connectivity index (χ0n) is 16.4. The molecule has 1 heterocycles. The van der Waals surface area contributed by atoms with Crippen LogP contribution in [0.4, 0.5) is 9.59 Å². The number of carbonyl (C=O) groups is 3. The van der Waals surface area contributed by atoms with E-state index in [1.807, 2.05) is 24.3 Å². The highest BCUT2D eigenvalue weighted by molar-refractivity contribution is 5.89. The molecule has 9 heteroatoms. The van der Waals surface area contributed by atoms with Crippen LogP contribution in [-0.2, 0) is 20.7 Å². The number of fused-ring (bicyclic) bond motifs is 1. The molecule has 0 bridgehead atoms. The summed E-state index contributed by atoms with van der Waals surface area (Å²) >= 11 is 0. The largest absolute Gasteiger partial charge is 0.449 e. The van der Waals surface area contributed by atoms with E-state index in [1.54, 1.807) is 33.9 Å². The molecule has 1 atom stereocenters. The van der Waals surface area contributed by atoms with Gasteiger partial charge in [0, 0.05) is 23.5 Å². The maximum Gasteiger partial charge on any atom is 0.426 e. The van der Waals surface area contributed by atoms with Gasteiger partial charge in [-0.25, -0.2) is 15.0 Å². The van der Waals surface area contributed by atoms with Crippen LogP contribution >= 0.6 is 0 Å². The second-order valence-electron chi connectivity index (χ2n) is 7.10. The fourth-order valence-electron chi connectivity index (χ4n) is 2.55. The molecule has 1 aromatic carbocycles. The summed E-state index contributed by atoms with van der Waals surface area (Å²) in [5.41, 5.74) is 5.43. The average molecular weight is 390 g/mol. The van der Waals surface area contributed by atoms with Crippen LogP contribution in [0.15, 0.2) is 30.5 Å². The molecular weight excluding hydrogens is 364 g/mol. The van der Waals surface area contributed by atoms with Gasteiger partial charge in [0.2, 0.25) is 0 Å². The van der Waals surface area contributed by atoms with Gasteiger partial charge in [0.05, 0.1) is 6.61 Å². The van der Waals surface area contributed by atoms with Crippen LogP contribution in [0.25, 0.3) is 10.9 Å². The quantitative estimate of drug-likeness (QED) is 0.584. The summed E-state index contributed by atoms with van der Waals surface area (Å²) in [7, 11) is 0. The standard InChI is InChI=1S/C19H26N4O5/c1-5-27-18(26)23-22-16(24)15(21-17(25)28-19(2,3)4)10-12-11-20-14-9-7-6-8-13(12)14/h6-9,11,15,20H,5,10H2,1-4H3,(H,21,25)(H,22,24)(H,23,26)/t15-/m1/s1. The van der Waals surface area contributed by atoms with E-state index in [-0.39, 0.29) is 13.0 Å². The first-order valence-electron chi connectivity index (χ1n) is 8.96. The fourth-order valence-corrected chi connectivity index (χ4v) is 2.55. The van der Waals surface area contributed by atoms with Gasteiger partial charge in [0.1, 0.15) is 11.6 Å². The lowest BCUT2D eigenvalue weighted by Crippen LogP contribution is -2.53. The van der Waals surface area contributed by atoms with E-state index in [9.17, 15) is 14.4 Å². The molecular formula is C19H26N4O5. The summed E-state index contributed by atoms with van der Waals surface area (Å²) in [6, 6.07) is 6.64. The number of alkyl carbamates (subject to hydrolysis) is 1. The third kappa shape index (κ3) is 6.19. The lowest BCUT2D eigenvalue weighted by Gasteiger charge is -2.23. The van der Waals surface area contributed by atoms with Gasteiger partial charge in [-0.3, -0.25) is 10.2 Å². The summed E-state index contributed by atoms with van der Waals surface area (Å²) in [4.78, 5) is 39.3. The summed E-state index contributed by atoms with van der Waals surface area (Å²) in [5.74, 6) is -0.607. The van der Waals surface area contributed by atoms with Gasteiger partial charge in [-0.05, 0) is 39.3 Å². The predicted octanol–water partition coefficient (Wildman–Crippen LogP) is 2.38. The SMILES string of the molecule is CCOC(=O)NNC(=O)[C@@H](Cc1c[nH]c2ccccc12)NC(=O)OC(C)(C)C. The topological polar surface area (TPSA) is 122 Å². The van der Waals surface area contributed by atoms with Crippen molar-refractivity contribution in [3.05, 3.63) is 36.0 Å². The molecule has 1 aromatic heterocycles. The average Bonchev–Trinajstić information content (AvgIpc) is 3.01. The van der Waals surface area contributed by atoms with Gasteiger partial charge < -0.3 is 19.8 Å². The number of aromatic amines is 1. The Morgan fingerprint density at radius 2 is 1.82 bits per heavy atom. The van der Waals surface area contributed by atoms with Crippen LogP contribution in [-0.4, -0.2) is 41.3 Å². The van der Waals surface area contributed by atoms with Gasteiger partial charge in [-0.1, -0.05) is 18.2 Å². The van der Waals surface area contributed by atoms with Crippen molar-refractivity contribution < 1.29 is 23.9 Å². The third-order valence-electron chi connectivity index (χ3n) is 3.67. The number of H-pyrrole nitrogens is 1. The minimum absolute atomic E-state index is 0.163. The van der Waals surface area contributed by atoms with Crippen molar-refractivity contribution in [2.45, 2.75) is 45.8 Å². The van der Waals surface area contributed by atoms with Gasteiger partial charge >= 0.3 is 12.2 Å². The van der Waals surface area contributed by atoms with Crippen LogP contribution in [0.2, 0.25) is 0 Å². The van der Waals surface area contributed by atoms with Crippen molar-refractivity contribution >= 4 is 29.0 Å². The molecule has 0 unspecified atom stereocenters. The first-order chi connectivity index (χ1) is 13.2. The number of amides is 3. The smallest absolute Gasteiger partial charge is 0.426 e. The molecule has 0 spiro atoms. The van der Waals surface area contributed by atoms with Gasteiger partial charge in [0.25, 0.3) is 5.91 Å². The zero-order chi connectivity index (χ0) is 20.7. The summed E-state index contributed by atoms with van der Waals surface area (Å²) in [6.07, 6.45) is 0.447. The van der Waals surface area contributed by atoms with Crippen molar-refractivity contribution in [2.75, 3.05) is 6.61 Å². The molecule has 9 nitrogen and oxygen atoms in total. The number of hydrogen-bond acceptors (Lipinski definition) is 5. The Morgan fingerprint density at radius 3 is 2.50 bits per heavy atom. The van der Waals surface area contributed by atoms with Crippen LogP contribution in [0.5, 0.6) is 0 Å². The molecule has 152 valence electrons. The number of rotatable bonds is 5. The molecule has 0 fully saturated rings. The van der Waals surface area contributed by atoms with Crippen molar-refractivity contribution in [1.82, 2.24) is 21.2 Å². The predicted molar refractivity (Wildman–Crippen MR) is 103 cm³/mol. The Kier molecular flexibility index (Phi) is 6.86. The Hall–Kier alpha value is -3.23. The highest BCUT2D eigenvalue weighted by atomic mass is 16.6. The molecule has 28 heavy (non-hydrogen) atoms. The number of ether oxygens (including phenoxy) is 2. The lowest BCUT2D eigenvalue weighted by molar-refractivity contribution is -0.124. The number of nitrogens with one attached hydrogen (secondary N) is 4. The summed E-state index contributed by atoms with van der Waals surface area (Å²) in [5, 5.41) is 3.49. The van der Waals surface area contributed by atoms with Crippen LogP contribution in [0.1, 0.15) is 33.3 Å². The van der Waals surface area contributed by atoms with E-state index in [2.05, 4.69) is 21.2 Å². The second-order valence-corrected chi connectivity index (χ2v) is 7.10. The lowest BCUT2D eigenvalue weighted by atomic mass is 10.0. The Morgan fingerprint density at radius 1 is 1.11 bits per heavy atom. The summed E-state index contributed by atoms with van der Waals surface area (Å²) in [6.45, 7) is 6.98. The van der Waals surface area contributed by atoms with Crippen molar-refractivity contribution in [2.24, 2.45) is 0 Å². The molecule has 3 amide bonds. The molecule has 2 aromatic rings. The maximum absolute atomic E-state index is 12.6. The highest BCUT2D eigenvalue weighted by Gasteiger charge is 2.26. The fraction of sp³-hybridized carbons (Fsp3) is 0.421. The molecule has 4 N–H and O–H groups in total. The van der Waals surface area contributed by atoms with Crippen molar-refractivity contribution in [3.8, 4) is 0 Å². The van der Waals surface area contributed by atoms with Gasteiger partial charge in [-0.15, -0.1) is 0 Å². The minimum Gasteiger partial charge on any atom is -0.449 e. The number of benzene rings is 1. The van der Waals surface area contributed by atoms with Gasteiger partial charge in [0.15, 0.2) is 0 Å². The number of carbonyl (C=O) groups excluding carboxylic acids is 3.